The summed E-state index contributed by atoms with van der Waals surface area (Å²) in [5.74, 6) is 0. The van der Waals surface area contributed by atoms with Crippen LogP contribution in [0, 0.1) is 11.3 Å². The first-order chi connectivity index (χ1) is 7.99. The molecule has 0 heterocycles. The minimum atomic E-state index is -0.393. The summed E-state index contributed by atoms with van der Waals surface area (Å²) in [4.78, 5) is 2.35. The fourth-order valence-electron chi connectivity index (χ4n) is 1.93. The molecular formula is C14H29N3. The van der Waals surface area contributed by atoms with Crippen LogP contribution in [0.5, 0.6) is 0 Å². The number of hydrogen-bond acceptors (Lipinski definition) is 3. The molecule has 0 saturated carbocycles. The van der Waals surface area contributed by atoms with Crippen molar-refractivity contribution in [1.29, 1.82) is 5.26 Å². The van der Waals surface area contributed by atoms with Crippen molar-refractivity contribution >= 4 is 0 Å². The van der Waals surface area contributed by atoms with Crippen molar-refractivity contribution in [3.8, 4) is 6.07 Å². The van der Waals surface area contributed by atoms with Crippen LogP contribution in [-0.2, 0) is 0 Å². The summed E-state index contributed by atoms with van der Waals surface area (Å²) in [6.07, 6.45) is 4.40. The van der Waals surface area contributed by atoms with Crippen LogP contribution in [0.4, 0.5) is 0 Å². The maximum absolute atomic E-state index is 9.29. The van der Waals surface area contributed by atoms with E-state index >= 15 is 0 Å². The molecule has 0 saturated heterocycles. The van der Waals surface area contributed by atoms with E-state index in [0.717, 1.165) is 25.9 Å². The molecule has 3 nitrogen and oxygen atoms in total. The van der Waals surface area contributed by atoms with E-state index in [-0.39, 0.29) is 0 Å². The van der Waals surface area contributed by atoms with Gasteiger partial charge in [0.15, 0.2) is 0 Å². The lowest BCUT2D eigenvalue weighted by Gasteiger charge is -2.31. The van der Waals surface area contributed by atoms with E-state index in [4.69, 9.17) is 0 Å². The first-order valence-electron chi connectivity index (χ1n) is 6.85. The highest BCUT2D eigenvalue weighted by Gasteiger charge is 2.26. The molecule has 0 radical (unpaired) electrons. The normalized spacial score (nSPS) is 16.5. The second-order valence-electron chi connectivity index (χ2n) is 5.26. The Morgan fingerprint density at radius 1 is 1.35 bits per heavy atom. The van der Waals surface area contributed by atoms with Gasteiger partial charge in [-0.25, -0.2) is 0 Å². The zero-order valence-electron chi connectivity index (χ0n) is 12.2. The summed E-state index contributed by atoms with van der Waals surface area (Å²) in [5, 5.41) is 12.6. The third-order valence-corrected chi connectivity index (χ3v) is 3.33. The van der Waals surface area contributed by atoms with Crippen molar-refractivity contribution in [2.45, 2.75) is 65.0 Å². The predicted molar refractivity (Wildman–Crippen MR) is 73.9 cm³/mol. The van der Waals surface area contributed by atoms with E-state index in [1.165, 1.54) is 12.8 Å². The summed E-state index contributed by atoms with van der Waals surface area (Å²) in [6, 6.07) is 2.86. The van der Waals surface area contributed by atoms with Crippen LogP contribution in [0.3, 0.4) is 0 Å². The Hall–Kier alpha value is -0.590. The standard InChI is InChI=1S/C14H29N3/c1-6-8-10-17(5)13(3)11-14(4,12-15)16-9-7-2/h13,16H,6-11H2,1-5H3. The Bertz CT molecular complexity index is 234. The molecule has 2 unspecified atom stereocenters. The van der Waals surface area contributed by atoms with Crippen LogP contribution in [0.1, 0.15) is 53.4 Å². The van der Waals surface area contributed by atoms with Gasteiger partial charge in [0.05, 0.1) is 6.07 Å². The average Bonchev–Trinajstić information content (AvgIpc) is 2.33. The predicted octanol–water partition coefficient (Wildman–Crippen LogP) is 2.78. The topological polar surface area (TPSA) is 39.1 Å². The molecule has 2 atom stereocenters. The molecule has 0 bridgehead atoms. The van der Waals surface area contributed by atoms with Crippen LogP contribution in [-0.4, -0.2) is 36.6 Å². The Kier molecular flexibility index (Phi) is 8.20. The first-order valence-corrected chi connectivity index (χ1v) is 6.85. The highest BCUT2D eigenvalue weighted by Crippen LogP contribution is 2.15. The van der Waals surface area contributed by atoms with Gasteiger partial charge in [-0.05, 0) is 53.2 Å². The van der Waals surface area contributed by atoms with Crippen molar-refractivity contribution in [3.05, 3.63) is 0 Å². The molecule has 0 amide bonds. The second kappa shape index (κ2) is 8.49. The summed E-state index contributed by atoms with van der Waals surface area (Å²) in [7, 11) is 2.15. The van der Waals surface area contributed by atoms with Crippen LogP contribution >= 0.6 is 0 Å². The Morgan fingerprint density at radius 2 is 2.00 bits per heavy atom. The van der Waals surface area contributed by atoms with Gasteiger partial charge >= 0.3 is 0 Å². The second-order valence-corrected chi connectivity index (χ2v) is 5.26. The van der Waals surface area contributed by atoms with Crippen LogP contribution in [0.15, 0.2) is 0 Å². The number of rotatable bonds is 9. The lowest BCUT2D eigenvalue weighted by molar-refractivity contribution is 0.210. The molecule has 100 valence electrons. The SMILES string of the molecule is CCCCN(C)C(C)CC(C)(C#N)NCCC. The van der Waals surface area contributed by atoms with Crippen LogP contribution < -0.4 is 5.32 Å². The van der Waals surface area contributed by atoms with Gasteiger partial charge < -0.3 is 4.90 Å². The maximum atomic E-state index is 9.29. The molecule has 0 spiro atoms. The van der Waals surface area contributed by atoms with Gasteiger partial charge in [-0.3, -0.25) is 5.32 Å². The highest BCUT2D eigenvalue weighted by molar-refractivity contribution is 5.05. The minimum absolute atomic E-state index is 0.393. The fourth-order valence-corrected chi connectivity index (χ4v) is 1.93. The van der Waals surface area contributed by atoms with Crippen molar-refractivity contribution in [2.24, 2.45) is 0 Å². The van der Waals surface area contributed by atoms with Gasteiger partial charge in [0, 0.05) is 6.04 Å². The Labute approximate surface area is 107 Å². The van der Waals surface area contributed by atoms with Crippen molar-refractivity contribution in [2.75, 3.05) is 20.1 Å². The van der Waals surface area contributed by atoms with Crippen molar-refractivity contribution < 1.29 is 0 Å². The summed E-state index contributed by atoms with van der Waals surface area (Å²) < 4.78 is 0. The fraction of sp³-hybridized carbons (Fsp3) is 0.929. The third kappa shape index (κ3) is 6.65. The van der Waals surface area contributed by atoms with Gasteiger partial charge in [0.2, 0.25) is 0 Å². The average molecular weight is 239 g/mol. The molecule has 0 rings (SSSR count). The molecule has 0 aliphatic carbocycles. The van der Waals surface area contributed by atoms with Crippen LogP contribution in [0.25, 0.3) is 0 Å². The van der Waals surface area contributed by atoms with Gasteiger partial charge in [0.1, 0.15) is 5.54 Å². The number of nitrogens with zero attached hydrogens (tertiary/aromatic N) is 2. The lowest BCUT2D eigenvalue weighted by atomic mass is 9.94. The van der Waals surface area contributed by atoms with Gasteiger partial charge in [-0.15, -0.1) is 0 Å². The monoisotopic (exact) mass is 239 g/mol. The molecule has 0 aromatic carbocycles. The number of unbranched alkanes of at least 4 members (excludes halogenated alkanes) is 1. The zero-order chi connectivity index (χ0) is 13.3. The highest BCUT2D eigenvalue weighted by atomic mass is 15.1. The molecule has 0 aromatic heterocycles. The molecule has 17 heavy (non-hydrogen) atoms. The van der Waals surface area contributed by atoms with E-state index in [9.17, 15) is 5.26 Å². The Balaban J connectivity index is 4.21. The molecule has 1 N–H and O–H groups in total. The van der Waals surface area contributed by atoms with E-state index in [2.05, 4.69) is 44.1 Å². The molecular weight excluding hydrogens is 210 g/mol. The number of nitriles is 1. The van der Waals surface area contributed by atoms with Crippen molar-refractivity contribution in [3.63, 3.8) is 0 Å². The summed E-state index contributed by atoms with van der Waals surface area (Å²) in [5.41, 5.74) is -0.393. The largest absolute Gasteiger partial charge is 0.304 e. The molecule has 0 fully saturated rings. The molecule has 3 heteroatoms. The van der Waals surface area contributed by atoms with Gasteiger partial charge in [0.25, 0.3) is 0 Å². The molecule has 0 aliphatic heterocycles. The first kappa shape index (κ1) is 16.4. The van der Waals surface area contributed by atoms with Crippen molar-refractivity contribution in [1.82, 2.24) is 10.2 Å². The minimum Gasteiger partial charge on any atom is -0.304 e. The molecule has 0 aliphatic rings. The number of nitrogens with one attached hydrogen (secondary N) is 1. The third-order valence-electron chi connectivity index (χ3n) is 3.33. The van der Waals surface area contributed by atoms with E-state index in [0.29, 0.717) is 6.04 Å². The van der Waals surface area contributed by atoms with E-state index in [1.54, 1.807) is 0 Å². The van der Waals surface area contributed by atoms with E-state index in [1.807, 2.05) is 6.92 Å². The van der Waals surface area contributed by atoms with Crippen LogP contribution in [0.2, 0.25) is 0 Å². The quantitative estimate of drug-likeness (QED) is 0.672. The number of hydrogen-bond donors (Lipinski definition) is 1. The maximum Gasteiger partial charge on any atom is 0.105 e. The summed E-state index contributed by atoms with van der Waals surface area (Å²) in [6.45, 7) is 10.6. The van der Waals surface area contributed by atoms with E-state index < -0.39 is 5.54 Å². The lowest BCUT2D eigenvalue weighted by Crippen LogP contribution is -2.46. The summed E-state index contributed by atoms with van der Waals surface area (Å²) >= 11 is 0. The Morgan fingerprint density at radius 3 is 2.47 bits per heavy atom. The zero-order valence-corrected chi connectivity index (χ0v) is 12.2. The smallest absolute Gasteiger partial charge is 0.105 e. The van der Waals surface area contributed by atoms with Gasteiger partial charge in [-0.2, -0.15) is 5.26 Å². The van der Waals surface area contributed by atoms with Gasteiger partial charge in [-0.1, -0.05) is 20.3 Å². The molecule has 0 aromatic rings.